The van der Waals surface area contributed by atoms with Gasteiger partial charge in [-0.3, -0.25) is 0 Å². The zero-order chi connectivity index (χ0) is 27.2. The van der Waals surface area contributed by atoms with Crippen LogP contribution in [0.4, 0.5) is 16.3 Å². The predicted molar refractivity (Wildman–Crippen MR) is 157 cm³/mol. The third-order valence-corrected chi connectivity index (χ3v) is 7.43. The number of anilines is 2. The van der Waals surface area contributed by atoms with Crippen LogP contribution in [-0.4, -0.2) is 47.1 Å². The normalized spacial score (nSPS) is 14.2. The smallest absolute Gasteiger partial charge is 0.321 e. The van der Waals surface area contributed by atoms with Crippen molar-refractivity contribution in [1.29, 1.82) is 0 Å². The van der Waals surface area contributed by atoms with Gasteiger partial charge in [0.15, 0.2) is 0 Å². The maximum Gasteiger partial charge on any atom is 0.321 e. The van der Waals surface area contributed by atoms with Crippen molar-refractivity contribution in [3.63, 3.8) is 0 Å². The SMILES string of the molecule is CCc1nc(C)nc(N2CCCN(C(=O)Nc3c(C(C)C)cccc3C(C)C)CC2)c1Cc1ccccc1. The number of amides is 2. The summed E-state index contributed by atoms with van der Waals surface area (Å²) in [5.41, 5.74) is 6.94. The van der Waals surface area contributed by atoms with Gasteiger partial charge in [-0.25, -0.2) is 14.8 Å². The Labute approximate surface area is 228 Å². The van der Waals surface area contributed by atoms with E-state index in [0.29, 0.717) is 18.4 Å². The number of benzene rings is 2. The van der Waals surface area contributed by atoms with Crippen LogP contribution >= 0.6 is 0 Å². The van der Waals surface area contributed by atoms with Gasteiger partial charge in [0.1, 0.15) is 11.6 Å². The monoisotopic (exact) mass is 513 g/mol. The van der Waals surface area contributed by atoms with Crippen LogP contribution in [0.1, 0.15) is 86.6 Å². The summed E-state index contributed by atoms with van der Waals surface area (Å²) in [5, 5.41) is 3.31. The number of aromatic nitrogens is 2. The molecule has 0 saturated carbocycles. The highest BCUT2D eigenvalue weighted by molar-refractivity contribution is 5.91. The quantitative estimate of drug-likeness (QED) is 0.372. The first-order valence-electron chi connectivity index (χ1n) is 14.1. The van der Waals surface area contributed by atoms with Crippen molar-refractivity contribution in [3.8, 4) is 0 Å². The Morgan fingerprint density at radius 3 is 2.21 bits per heavy atom. The Morgan fingerprint density at radius 1 is 0.895 bits per heavy atom. The second kappa shape index (κ2) is 12.4. The van der Waals surface area contributed by atoms with Gasteiger partial charge in [-0.2, -0.15) is 0 Å². The number of hydrogen-bond acceptors (Lipinski definition) is 4. The highest BCUT2D eigenvalue weighted by Gasteiger charge is 2.25. The molecular weight excluding hydrogens is 470 g/mol. The maximum atomic E-state index is 13.5. The van der Waals surface area contributed by atoms with E-state index in [1.165, 1.54) is 22.3 Å². The molecule has 1 fully saturated rings. The number of nitrogens with one attached hydrogen (secondary N) is 1. The van der Waals surface area contributed by atoms with E-state index >= 15 is 0 Å². The number of carbonyl (C=O) groups is 1. The summed E-state index contributed by atoms with van der Waals surface area (Å²) < 4.78 is 0. The Bertz CT molecular complexity index is 1210. The molecular formula is C32H43N5O. The number of aryl methyl sites for hydroxylation is 2. The molecule has 6 heteroatoms. The van der Waals surface area contributed by atoms with Crippen molar-refractivity contribution in [2.24, 2.45) is 0 Å². The molecule has 1 saturated heterocycles. The number of para-hydroxylation sites is 1. The predicted octanol–water partition coefficient (Wildman–Crippen LogP) is 6.93. The van der Waals surface area contributed by atoms with Gasteiger partial charge in [0.05, 0.1) is 0 Å². The van der Waals surface area contributed by atoms with E-state index in [2.05, 4.69) is 93.4 Å². The molecule has 6 nitrogen and oxygen atoms in total. The lowest BCUT2D eigenvalue weighted by Crippen LogP contribution is -2.38. The molecule has 1 aliphatic rings. The van der Waals surface area contributed by atoms with Crippen LogP contribution in [0, 0.1) is 6.92 Å². The van der Waals surface area contributed by atoms with Gasteiger partial charge in [0, 0.05) is 49.5 Å². The molecule has 0 unspecified atom stereocenters. The lowest BCUT2D eigenvalue weighted by Gasteiger charge is -2.27. The van der Waals surface area contributed by atoms with E-state index in [9.17, 15) is 4.79 Å². The van der Waals surface area contributed by atoms with Crippen LogP contribution in [0.2, 0.25) is 0 Å². The number of hydrogen-bond donors (Lipinski definition) is 1. The minimum absolute atomic E-state index is 0.0144. The Kier molecular flexibility index (Phi) is 9.03. The van der Waals surface area contributed by atoms with Crippen molar-refractivity contribution in [1.82, 2.24) is 14.9 Å². The summed E-state index contributed by atoms with van der Waals surface area (Å²) in [7, 11) is 0. The van der Waals surface area contributed by atoms with Crippen molar-refractivity contribution in [2.75, 3.05) is 36.4 Å². The van der Waals surface area contributed by atoms with Crippen molar-refractivity contribution < 1.29 is 4.79 Å². The molecule has 38 heavy (non-hydrogen) atoms. The van der Waals surface area contributed by atoms with Gasteiger partial charge in [-0.05, 0) is 48.3 Å². The Morgan fingerprint density at radius 2 is 1.58 bits per heavy atom. The van der Waals surface area contributed by atoms with Crippen molar-refractivity contribution in [3.05, 3.63) is 82.3 Å². The number of rotatable bonds is 7. The molecule has 1 aliphatic heterocycles. The third kappa shape index (κ3) is 6.35. The maximum absolute atomic E-state index is 13.5. The molecule has 2 heterocycles. The standard InChI is InChI=1S/C32H43N5O/c1-7-29-28(21-25-13-9-8-10-14-25)31(34-24(6)33-29)36-17-12-18-37(20-19-36)32(38)35-30-26(22(2)3)15-11-16-27(30)23(4)5/h8-11,13-16,22-23H,7,12,17-21H2,1-6H3,(H,35,38). The minimum Gasteiger partial charge on any atom is -0.354 e. The molecule has 0 atom stereocenters. The Hall–Kier alpha value is -3.41. The van der Waals surface area contributed by atoms with Gasteiger partial charge in [-0.1, -0.05) is 83.1 Å². The van der Waals surface area contributed by atoms with Crippen molar-refractivity contribution >= 4 is 17.5 Å². The fourth-order valence-electron chi connectivity index (χ4n) is 5.39. The Balaban J connectivity index is 1.55. The lowest BCUT2D eigenvalue weighted by atomic mass is 9.93. The van der Waals surface area contributed by atoms with E-state index < -0.39 is 0 Å². The summed E-state index contributed by atoms with van der Waals surface area (Å²) in [4.78, 5) is 27.6. The van der Waals surface area contributed by atoms with Crippen LogP contribution in [0.5, 0.6) is 0 Å². The summed E-state index contributed by atoms with van der Waals surface area (Å²) in [6.07, 6.45) is 2.57. The van der Waals surface area contributed by atoms with Crippen molar-refractivity contribution in [2.45, 2.75) is 72.6 Å². The van der Waals surface area contributed by atoms with Gasteiger partial charge in [0.2, 0.25) is 0 Å². The molecule has 0 aliphatic carbocycles. The van der Waals surface area contributed by atoms with Crippen LogP contribution in [0.25, 0.3) is 0 Å². The third-order valence-electron chi connectivity index (χ3n) is 7.43. The largest absolute Gasteiger partial charge is 0.354 e. The highest BCUT2D eigenvalue weighted by atomic mass is 16.2. The van der Waals surface area contributed by atoms with Gasteiger partial charge < -0.3 is 15.1 Å². The second-order valence-corrected chi connectivity index (χ2v) is 10.9. The van der Waals surface area contributed by atoms with E-state index in [1.54, 1.807) is 0 Å². The number of carbonyl (C=O) groups excluding carboxylic acids is 1. The van der Waals surface area contributed by atoms with E-state index in [4.69, 9.17) is 9.97 Å². The van der Waals surface area contributed by atoms with Crippen LogP contribution in [-0.2, 0) is 12.8 Å². The highest BCUT2D eigenvalue weighted by Crippen LogP contribution is 2.33. The number of nitrogens with zero attached hydrogens (tertiary/aromatic N) is 4. The van der Waals surface area contributed by atoms with E-state index in [0.717, 1.165) is 61.9 Å². The number of urea groups is 1. The summed E-state index contributed by atoms with van der Waals surface area (Å²) >= 11 is 0. The van der Waals surface area contributed by atoms with Gasteiger partial charge in [-0.15, -0.1) is 0 Å². The first kappa shape index (κ1) is 27.6. The molecule has 0 bridgehead atoms. The first-order valence-corrected chi connectivity index (χ1v) is 14.1. The first-order chi connectivity index (χ1) is 18.3. The molecule has 3 aromatic rings. The lowest BCUT2D eigenvalue weighted by molar-refractivity contribution is 0.215. The molecule has 1 aromatic heterocycles. The fourth-order valence-corrected chi connectivity index (χ4v) is 5.39. The van der Waals surface area contributed by atoms with E-state index in [1.807, 2.05) is 11.8 Å². The average molecular weight is 514 g/mol. The molecule has 2 amide bonds. The summed E-state index contributed by atoms with van der Waals surface area (Å²) in [5.74, 6) is 2.49. The molecule has 0 radical (unpaired) electrons. The molecule has 4 rings (SSSR count). The van der Waals surface area contributed by atoms with Crippen LogP contribution in [0.15, 0.2) is 48.5 Å². The topological polar surface area (TPSA) is 61.4 Å². The zero-order valence-corrected chi connectivity index (χ0v) is 23.9. The van der Waals surface area contributed by atoms with Crippen LogP contribution < -0.4 is 10.2 Å². The molecule has 2 aromatic carbocycles. The molecule has 1 N–H and O–H groups in total. The van der Waals surface area contributed by atoms with Crippen LogP contribution in [0.3, 0.4) is 0 Å². The van der Waals surface area contributed by atoms with Gasteiger partial charge in [0.25, 0.3) is 0 Å². The van der Waals surface area contributed by atoms with E-state index in [-0.39, 0.29) is 6.03 Å². The molecule has 0 spiro atoms. The minimum atomic E-state index is -0.0144. The van der Waals surface area contributed by atoms with Gasteiger partial charge >= 0.3 is 6.03 Å². The summed E-state index contributed by atoms with van der Waals surface area (Å²) in [6.45, 7) is 15.9. The second-order valence-electron chi connectivity index (χ2n) is 10.9. The fraction of sp³-hybridized carbons (Fsp3) is 0.469. The molecule has 202 valence electrons. The zero-order valence-electron chi connectivity index (χ0n) is 23.9. The average Bonchev–Trinajstić information content (AvgIpc) is 3.16. The summed E-state index contributed by atoms with van der Waals surface area (Å²) in [6, 6.07) is 16.9.